The first-order chi connectivity index (χ1) is 19.1. The molecule has 0 amide bonds. The van der Waals surface area contributed by atoms with Crippen LogP contribution in [0.5, 0.6) is 0 Å². The third-order valence-corrected chi connectivity index (χ3v) is 9.42. The van der Waals surface area contributed by atoms with Crippen LogP contribution in [0, 0.1) is 17.8 Å². The van der Waals surface area contributed by atoms with Crippen LogP contribution in [-0.4, -0.2) is 0 Å². The molecular formula is C39H80. The molecule has 0 heterocycles. The fourth-order valence-corrected chi connectivity index (χ4v) is 6.42. The monoisotopic (exact) mass is 549 g/mol. The zero-order valence-electron chi connectivity index (χ0n) is 28.7. The fraction of sp³-hybridized carbons (Fsp3) is 1.00. The Morgan fingerprint density at radius 3 is 0.692 bits per heavy atom. The molecule has 0 heteroatoms. The van der Waals surface area contributed by atoms with Crippen LogP contribution in [0.4, 0.5) is 0 Å². The lowest BCUT2D eigenvalue weighted by atomic mass is 9.94. The average molecular weight is 549 g/mol. The Balaban J connectivity index is 3.24. The van der Waals surface area contributed by atoms with Gasteiger partial charge in [0.25, 0.3) is 0 Å². The topological polar surface area (TPSA) is 0 Å². The summed E-state index contributed by atoms with van der Waals surface area (Å²) in [6.07, 6.45) is 45.7. The lowest BCUT2D eigenvalue weighted by Crippen LogP contribution is -1.96. The molecule has 0 radical (unpaired) electrons. The largest absolute Gasteiger partial charge is 0.0654 e. The van der Waals surface area contributed by atoms with Crippen molar-refractivity contribution >= 4 is 0 Å². The van der Waals surface area contributed by atoms with E-state index in [2.05, 4.69) is 34.6 Å². The molecule has 0 aliphatic carbocycles. The first-order valence-electron chi connectivity index (χ1n) is 19.1. The van der Waals surface area contributed by atoms with Crippen molar-refractivity contribution in [1.82, 2.24) is 0 Å². The first kappa shape index (κ1) is 39.0. The summed E-state index contributed by atoms with van der Waals surface area (Å²) in [5.74, 6) is 2.81. The van der Waals surface area contributed by atoms with Crippen molar-refractivity contribution in [3.63, 3.8) is 0 Å². The molecular weight excluding hydrogens is 468 g/mol. The van der Waals surface area contributed by atoms with E-state index in [1.54, 1.807) is 0 Å². The van der Waals surface area contributed by atoms with Crippen LogP contribution in [0.15, 0.2) is 0 Å². The predicted octanol–water partition coefficient (Wildman–Crippen LogP) is 15.0. The van der Waals surface area contributed by atoms with E-state index in [1.807, 2.05) is 0 Å². The molecule has 0 spiro atoms. The van der Waals surface area contributed by atoms with Crippen LogP contribution in [0.25, 0.3) is 0 Å². The van der Waals surface area contributed by atoms with E-state index in [-0.39, 0.29) is 0 Å². The predicted molar refractivity (Wildman–Crippen MR) is 182 cm³/mol. The van der Waals surface area contributed by atoms with Gasteiger partial charge in [0.2, 0.25) is 0 Å². The molecule has 39 heavy (non-hydrogen) atoms. The van der Waals surface area contributed by atoms with Crippen LogP contribution >= 0.6 is 0 Å². The summed E-state index contributed by atoms with van der Waals surface area (Å²) in [5.41, 5.74) is 0. The molecule has 0 aromatic rings. The van der Waals surface area contributed by atoms with Gasteiger partial charge < -0.3 is 0 Å². The Hall–Kier alpha value is 0. The van der Waals surface area contributed by atoms with Crippen molar-refractivity contribution in [1.29, 1.82) is 0 Å². The number of hydrogen-bond acceptors (Lipinski definition) is 0. The summed E-state index contributed by atoms with van der Waals surface area (Å²) in [6, 6.07) is 0. The second kappa shape index (κ2) is 32.5. The van der Waals surface area contributed by atoms with Crippen molar-refractivity contribution < 1.29 is 0 Å². The summed E-state index contributed by atoms with van der Waals surface area (Å²) >= 11 is 0. The van der Waals surface area contributed by atoms with Gasteiger partial charge in [-0.25, -0.2) is 0 Å². The lowest BCUT2D eigenvalue weighted by molar-refractivity contribution is 0.415. The fourth-order valence-electron chi connectivity index (χ4n) is 6.42. The Labute approximate surface area is 251 Å². The van der Waals surface area contributed by atoms with Crippen molar-refractivity contribution in [2.24, 2.45) is 17.8 Å². The number of unbranched alkanes of at least 4 members (excludes halogenated alkanes) is 23. The molecule has 2 unspecified atom stereocenters. The smallest absolute Gasteiger partial charge is 0.0443 e. The minimum Gasteiger partial charge on any atom is -0.0654 e. The SMILES string of the molecule is CCCCCCCCCCCCCCCCCCC(C)CCCCCCCC(C)CCCCCCCC(C)C. The van der Waals surface area contributed by atoms with Gasteiger partial charge in [-0.15, -0.1) is 0 Å². The highest BCUT2D eigenvalue weighted by Gasteiger charge is 2.04. The van der Waals surface area contributed by atoms with Gasteiger partial charge in [0.15, 0.2) is 0 Å². The first-order valence-corrected chi connectivity index (χ1v) is 19.1. The summed E-state index contributed by atoms with van der Waals surface area (Å²) in [7, 11) is 0. The van der Waals surface area contributed by atoms with Crippen LogP contribution in [0.1, 0.15) is 234 Å². The van der Waals surface area contributed by atoms with Gasteiger partial charge in [-0.05, 0) is 17.8 Å². The molecule has 0 bridgehead atoms. The minimum absolute atomic E-state index is 0.891. The summed E-state index contributed by atoms with van der Waals surface area (Å²) in [4.78, 5) is 0. The van der Waals surface area contributed by atoms with Gasteiger partial charge in [-0.3, -0.25) is 0 Å². The van der Waals surface area contributed by atoms with Gasteiger partial charge >= 0.3 is 0 Å². The second-order valence-corrected chi connectivity index (χ2v) is 14.4. The highest BCUT2D eigenvalue weighted by molar-refractivity contribution is 4.58. The molecule has 236 valence electrons. The van der Waals surface area contributed by atoms with Gasteiger partial charge in [0.05, 0.1) is 0 Å². The average Bonchev–Trinajstić information content (AvgIpc) is 2.91. The highest BCUT2D eigenvalue weighted by atomic mass is 14.1. The van der Waals surface area contributed by atoms with E-state index in [0.717, 1.165) is 17.8 Å². The normalized spacial score (nSPS) is 13.4. The molecule has 0 saturated heterocycles. The van der Waals surface area contributed by atoms with Gasteiger partial charge in [-0.2, -0.15) is 0 Å². The summed E-state index contributed by atoms with van der Waals surface area (Å²) in [6.45, 7) is 12.0. The minimum atomic E-state index is 0.891. The number of hydrogen-bond donors (Lipinski definition) is 0. The Morgan fingerprint density at radius 2 is 0.462 bits per heavy atom. The summed E-state index contributed by atoms with van der Waals surface area (Å²) in [5, 5.41) is 0. The molecule has 0 aromatic heterocycles. The van der Waals surface area contributed by atoms with E-state index in [4.69, 9.17) is 0 Å². The van der Waals surface area contributed by atoms with Crippen molar-refractivity contribution in [2.75, 3.05) is 0 Å². The molecule has 0 aromatic carbocycles. The van der Waals surface area contributed by atoms with Gasteiger partial charge in [0, 0.05) is 0 Å². The van der Waals surface area contributed by atoms with Crippen molar-refractivity contribution in [3.8, 4) is 0 Å². The molecule has 0 nitrogen and oxygen atoms in total. The highest BCUT2D eigenvalue weighted by Crippen LogP contribution is 2.21. The standard InChI is InChI=1S/C39H80/c1-6-7-8-9-10-11-12-13-14-15-16-17-18-19-23-28-33-38(4)35-30-25-21-26-31-36-39(5)34-29-24-20-22-27-32-37(2)3/h37-39H,6-36H2,1-5H3. The van der Waals surface area contributed by atoms with E-state index < -0.39 is 0 Å². The van der Waals surface area contributed by atoms with Crippen molar-refractivity contribution in [2.45, 2.75) is 234 Å². The van der Waals surface area contributed by atoms with E-state index >= 15 is 0 Å². The second-order valence-electron chi connectivity index (χ2n) is 14.4. The quantitative estimate of drug-likeness (QED) is 0.0715. The van der Waals surface area contributed by atoms with E-state index in [0.29, 0.717) is 0 Å². The Bertz CT molecular complexity index is 424. The zero-order valence-corrected chi connectivity index (χ0v) is 28.7. The number of rotatable bonds is 33. The maximum Gasteiger partial charge on any atom is -0.0443 e. The zero-order chi connectivity index (χ0) is 28.7. The van der Waals surface area contributed by atoms with E-state index in [1.165, 1.54) is 199 Å². The maximum absolute atomic E-state index is 2.51. The summed E-state index contributed by atoms with van der Waals surface area (Å²) < 4.78 is 0. The molecule has 0 fully saturated rings. The van der Waals surface area contributed by atoms with E-state index in [9.17, 15) is 0 Å². The Morgan fingerprint density at radius 1 is 0.256 bits per heavy atom. The molecule has 0 rings (SSSR count). The molecule has 2 atom stereocenters. The van der Waals surface area contributed by atoms with Gasteiger partial charge in [-0.1, -0.05) is 234 Å². The molecule has 0 saturated carbocycles. The van der Waals surface area contributed by atoms with Gasteiger partial charge in [0.1, 0.15) is 0 Å². The molecule has 0 aliphatic heterocycles. The van der Waals surface area contributed by atoms with Crippen LogP contribution in [0.2, 0.25) is 0 Å². The van der Waals surface area contributed by atoms with Crippen LogP contribution in [-0.2, 0) is 0 Å². The third-order valence-electron chi connectivity index (χ3n) is 9.42. The maximum atomic E-state index is 2.51. The lowest BCUT2D eigenvalue weighted by Gasteiger charge is -2.12. The van der Waals surface area contributed by atoms with Crippen LogP contribution < -0.4 is 0 Å². The third kappa shape index (κ3) is 34.1. The molecule has 0 aliphatic rings. The Kier molecular flexibility index (Phi) is 32.5. The van der Waals surface area contributed by atoms with Crippen LogP contribution in [0.3, 0.4) is 0 Å². The molecule has 0 N–H and O–H groups in total. The van der Waals surface area contributed by atoms with Crippen molar-refractivity contribution in [3.05, 3.63) is 0 Å².